The number of nitrogens with two attached hydrogens (primary N) is 4. The van der Waals surface area contributed by atoms with Crippen molar-refractivity contribution in [2.75, 3.05) is 22.9 Å². The molecule has 2 aliphatic heterocycles. The third kappa shape index (κ3) is 7.74. The molecular weight excluding hydrogens is 769 g/mol. The summed E-state index contributed by atoms with van der Waals surface area (Å²) >= 11 is 0. The summed E-state index contributed by atoms with van der Waals surface area (Å²) in [4.78, 5) is 38.4. The molecule has 8 bridgehead atoms. The van der Waals surface area contributed by atoms with Gasteiger partial charge in [0.1, 0.15) is 12.6 Å². The minimum absolute atomic E-state index is 0.589. The van der Waals surface area contributed by atoms with Crippen molar-refractivity contribution in [2.45, 2.75) is 0 Å². The van der Waals surface area contributed by atoms with Crippen LogP contribution >= 0.6 is 0 Å². The lowest BCUT2D eigenvalue weighted by molar-refractivity contribution is 0.111. The van der Waals surface area contributed by atoms with Crippen LogP contribution in [-0.2, 0) is 0 Å². The Bertz CT molecular complexity index is 2820. The van der Waals surface area contributed by atoms with Crippen molar-refractivity contribution in [1.82, 2.24) is 19.9 Å². The molecule has 10 nitrogen and oxygen atoms in total. The number of H-pyrrole nitrogens is 2. The molecule has 10 N–H and O–H groups in total. The largest absolute Gasteiger partial charge is 0.399 e. The number of benzene rings is 5. The van der Waals surface area contributed by atoms with Gasteiger partial charge in [-0.3, -0.25) is 9.59 Å². The van der Waals surface area contributed by atoms with E-state index in [1.54, 1.807) is 24.3 Å². The average Bonchev–Trinajstić information content (AvgIpc) is 4.15. The summed E-state index contributed by atoms with van der Waals surface area (Å²) in [6.45, 7) is 0. The molecular formula is C52H40N8O2. The SMILES string of the molecule is Nc1ccc(-c2c3nc(c(-c4ccc(N)cc4)c4ccc([nH]4)c(-c4ccc(N)cc4)c4nc(c(-c5ccc(N)cc5)c5ccc2[nH]5)C=C4)C=C3)cc1.O=Cc1ccc(C=O)cc1. The van der Waals surface area contributed by atoms with Gasteiger partial charge in [0.25, 0.3) is 0 Å². The second-order valence-corrected chi connectivity index (χ2v) is 14.9. The van der Waals surface area contributed by atoms with Gasteiger partial charge in [-0.15, -0.1) is 0 Å². The summed E-state index contributed by atoms with van der Waals surface area (Å²) in [6.07, 6.45) is 9.77. The summed E-state index contributed by atoms with van der Waals surface area (Å²) in [7, 11) is 0. The van der Waals surface area contributed by atoms with Crippen molar-refractivity contribution >= 4 is 81.7 Å². The minimum Gasteiger partial charge on any atom is -0.399 e. The van der Waals surface area contributed by atoms with E-state index in [0.29, 0.717) is 33.9 Å². The van der Waals surface area contributed by atoms with Crippen molar-refractivity contribution in [3.8, 4) is 44.5 Å². The first-order valence-electron chi connectivity index (χ1n) is 19.8. The number of carbonyl (C=O) groups excluding carboxylic acids is 2. The second kappa shape index (κ2) is 16.5. The Morgan fingerprint density at radius 1 is 0.323 bits per heavy atom. The van der Waals surface area contributed by atoms with Gasteiger partial charge < -0.3 is 32.9 Å². The fourth-order valence-electron chi connectivity index (χ4n) is 7.67. The number of nitrogens with one attached hydrogen (secondary N) is 2. The number of nitrogen functional groups attached to an aromatic ring is 4. The maximum Gasteiger partial charge on any atom is 0.150 e. The highest BCUT2D eigenvalue weighted by Crippen LogP contribution is 2.39. The fourth-order valence-corrected chi connectivity index (χ4v) is 7.67. The lowest BCUT2D eigenvalue weighted by Gasteiger charge is -2.07. The maximum atomic E-state index is 10.1. The number of rotatable bonds is 6. The molecule has 0 unspecified atom stereocenters. The molecule has 0 atom stereocenters. The Labute approximate surface area is 357 Å². The second-order valence-electron chi connectivity index (χ2n) is 14.9. The van der Waals surface area contributed by atoms with Gasteiger partial charge in [0.15, 0.2) is 0 Å². The molecule has 0 saturated carbocycles. The van der Waals surface area contributed by atoms with E-state index in [1.165, 1.54) is 0 Å². The van der Waals surface area contributed by atoms with Crippen molar-refractivity contribution in [3.63, 3.8) is 0 Å². The number of aromatic nitrogens is 4. The van der Waals surface area contributed by atoms with Crippen LogP contribution in [0.25, 0.3) is 90.9 Å². The number of carbonyl (C=O) groups is 2. The molecule has 2 aliphatic rings. The van der Waals surface area contributed by atoms with Crippen LogP contribution < -0.4 is 22.9 Å². The quantitative estimate of drug-likeness (QED) is 0.0705. The number of hydrogen-bond donors (Lipinski definition) is 6. The van der Waals surface area contributed by atoms with Crippen molar-refractivity contribution in [1.29, 1.82) is 0 Å². The molecule has 0 fully saturated rings. The minimum atomic E-state index is 0.589. The Morgan fingerprint density at radius 3 is 0.758 bits per heavy atom. The predicted molar refractivity (Wildman–Crippen MR) is 255 cm³/mol. The topological polar surface area (TPSA) is 196 Å². The van der Waals surface area contributed by atoms with Gasteiger partial charge in [0, 0.05) is 78.2 Å². The first kappa shape index (κ1) is 38.7. The number of hydrogen-bond acceptors (Lipinski definition) is 8. The highest BCUT2D eigenvalue weighted by atomic mass is 16.1. The van der Waals surface area contributed by atoms with Crippen LogP contribution in [0.15, 0.2) is 146 Å². The molecule has 0 amide bonds. The number of fused-ring (bicyclic) bond motifs is 8. The van der Waals surface area contributed by atoms with Gasteiger partial charge in [0.2, 0.25) is 0 Å². The van der Waals surface area contributed by atoms with Crippen molar-refractivity contribution in [3.05, 3.63) is 179 Å². The first-order chi connectivity index (χ1) is 30.2. The van der Waals surface area contributed by atoms with E-state index >= 15 is 0 Å². The highest BCUT2D eigenvalue weighted by molar-refractivity contribution is 6.00. The molecule has 300 valence electrons. The summed E-state index contributed by atoms with van der Waals surface area (Å²) in [5.74, 6) is 0. The molecule has 0 aliphatic carbocycles. The molecule has 3 aromatic heterocycles. The lowest BCUT2D eigenvalue weighted by Crippen LogP contribution is -1.91. The highest BCUT2D eigenvalue weighted by Gasteiger charge is 2.19. The Hall–Kier alpha value is -8.76. The number of nitrogens with zero attached hydrogens (tertiary/aromatic N) is 2. The molecule has 0 radical (unpaired) electrons. The van der Waals surface area contributed by atoms with Gasteiger partial charge in [-0.2, -0.15) is 0 Å². The van der Waals surface area contributed by atoms with E-state index in [2.05, 4.69) is 58.5 Å². The van der Waals surface area contributed by atoms with Gasteiger partial charge >= 0.3 is 0 Å². The number of anilines is 4. The van der Waals surface area contributed by atoms with E-state index in [0.717, 1.165) is 102 Å². The summed E-state index contributed by atoms with van der Waals surface area (Å²) in [5.41, 5.74) is 43.1. The Morgan fingerprint density at radius 2 is 0.548 bits per heavy atom. The van der Waals surface area contributed by atoms with Gasteiger partial charge in [-0.05, 0) is 119 Å². The summed E-state index contributed by atoms with van der Waals surface area (Å²) < 4.78 is 0. The average molecular weight is 809 g/mol. The summed E-state index contributed by atoms with van der Waals surface area (Å²) in [5, 5.41) is 0. The zero-order valence-electron chi connectivity index (χ0n) is 33.3. The lowest BCUT2D eigenvalue weighted by atomic mass is 10.0. The molecule has 5 heterocycles. The van der Waals surface area contributed by atoms with E-state index in [-0.39, 0.29) is 0 Å². The third-order valence-corrected chi connectivity index (χ3v) is 10.8. The van der Waals surface area contributed by atoms with Crippen molar-refractivity contribution < 1.29 is 9.59 Å². The molecule has 8 aromatic rings. The van der Waals surface area contributed by atoms with E-state index in [4.69, 9.17) is 32.9 Å². The molecule has 10 rings (SSSR count). The van der Waals surface area contributed by atoms with Crippen LogP contribution in [0.5, 0.6) is 0 Å². The van der Waals surface area contributed by atoms with Crippen LogP contribution in [-0.4, -0.2) is 32.5 Å². The van der Waals surface area contributed by atoms with Crippen LogP contribution in [0, 0.1) is 0 Å². The zero-order chi connectivity index (χ0) is 42.7. The molecule has 0 spiro atoms. The van der Waals surface area contributed by atoms with Crippen LogP contribution in [0.4, 0.5) is 22.7 Å². The van der Waals surface area contributed by atoms with E-state index in [9.17, 15) is 9.59 Å². The number of aromatic amines is 2. The van der Waals surface area contributed by atoms with E-state index in [1.807, 2.05) is 97.1 Å². The normalized spacial score (nSPS) is 11.5. The monoisotopic (exact) mass is 808 g/mol. The smallest absolute Gasteiger partial charge is 0.150 e. The molecule has 62 heavy (non-hydrogen) atoms. The molecule has 0 saturated heterocycles. The van der Waals surface area contributed by atoms with Crippen LogP contribution in [0.3, 0.4) is 0 Å². The Balaban J connectivity index is 0.000000433. The summed E-state index contributed by atoms with van der Waals surface area (Å²) in [6, 6.07) is 46.4. The zero-order valence-corrected chi connectivity index (χ0v) is 33.3. The molecule has 5 aromatic carbocycles. The standard InChI is InChI=1S/C44H34N8.C8H6O2/c45-29-9-1-25(2-10-29)41-33-17-19-35(49-33)42(26-3-11-30(46)12-4-26)37-21-23-39(51-37)44(28-7-15-32(48)16-8-28)40-24-22-38(52-40)43(36-20-18-34(41)50-36)27-5-13-31(47)14-6-27;9-5-7-1-2-8(6-10)4-3-7/h1-24,49,52H,45-48H2;1-6H. The van der Waals surface area contributed by atoms with E-state index < -0.39 is 0 Å². The van der Waals surface area contributed by atoms with Crippen LogP contribution in [0.2, 0.25) is 0 Å². The fraction of sp³-hybridized carbons (Fsp3) is 0. The van der Waals surface area contributed by atoms with Crippen LogP contribution in [0.1, 0.15) is 43.5 Å². The Kier molecular flexibility index (Phi) is 10.3. The van der Waals surface area contributed by atoms with Crippen molar-refractivity contribution in [2.24, 2.45) is 0 Å². The van der Waals surface area contributed by atoms with Gasteiger partial charge in [-0.1, -0.05) is 72.8 Å². The van der Waals surface area contributed by atoms with Gasteiger partial charge in [0.05, 0.1) is 22.8 Å². The third-order valence-electron chi connectivity index (χ3n) is 10.8. The van der Waals surface area contributed by atoms with Gasteiger partial charge in [-0.25, -0.2) is 9.97 Å². The number of aldehydes is 2. The first-order valence-corrected chi connectivity index (χ1v) is 19.8. The maximum absolute atomic E-state index is 10.1. The predicted octanol–water partition coefficient (Wildman–Crippen LogP) is 11.0. The molecule has 10 heteroatoms.